The Morgan fingerprint density at radius 2 is 0.639 bits per heavy atom. The SMILES string of the molecule is c1ccc2c(c1)-c1cccc3c(-c4ccc5c6c(cccc46)-c4cc6ccccc6cc4-5)ccc-2c13. The first-order chi connectivity index (χ1) is 17.9. The Bertz CT molecular complexity index is 2010. The second-order valence-corrected chi connectivity index (χ2v) is 10.1. The number of benzene rings is 7. The van der Waals surface area contributed by atoms with Crippen LogP contribution in [0.3, 0.4) is 0 Å². The molecule has 9 rings (SSSR count). The number of fused-ring (bicyclic) bond motifs is 7. The summed E-state index contributed by atoms with van der Waals surface area (Å²) in [6.07, 6.45) is 0. The lowest BCUT2D eigenvalue weighted by Gasteiger charge is -2.13. The molecule has 36 heavy (non-hydrogen) atoms. The molecule has 0 heteroatoms. The maximum Gasteiger partial charge on any atom is -0.00201 e. The average Bonchev–Trinajstić information content (AvgIpc) is 3.43. The molecule has 0 nitrogen and oxygen atoms in total. The van der Waals surface area contributed by atoms with Crippen molar-refractivity contribution in [3.8, 4) is 55.6 Å². The first kappa shape index (κ1) is 18.6. The second kappa shape index (κ2) is 6.50. The van der Waals surface area contributed by atoms with Gasteiger partial charge in [-0.3, -0.25) is 0 Å². The molecule has 0 amide bonds. The normalized spacial score (nSPS) is 12.4. The third-order valence-corrected chi connectivity index (χ3v) is 8.35. The van der Waals surface area contributed by atoms with Gasteiger partial charge in [0.2, 0.25) is 0 Å². The van der Waals surface area contributed by atoms with Gasteiger partial charge >= 0.3 is 0 Å². The summed E-state index contributed by atoms with van der Waals surface area (Å²) in [4.78, 5) is 0. The molecule has 0 aromatic heterocycles. The summed E-state index contributed by atoms with van der Waals surface area (Å²) in [5.74, 6) is 0. The maximum atomic E-state index is 2.37. The molecule has 0 N–H and O–H groups in total. The second-order valence-electron chi connectivity index (χ2n) is 10.1. The summed E-state index contributed by atoms with van der Waals surface area (Å²) in [5, 5.41) is 8.03. The molecule has 0 spiro atoms. The Labute approximate surface area is 209 Å². The van der Waals surface area contributed by atoms with Crippen molar-refractivity contribution >= 4 is 32.3 Å². The molecule has 0 fully saturated rings. The minimum absolute atomic E-state index is 1.30. The third-order valence-electron chi connectivity index (χ3n) is 8.35. The van der Waals surface area contributed by atoms with E-state index in [1.807, 2.05) is 0 Å². The summed E-state index contributed by atoms with van der Waals surface area (Å²) >= 11 is 0. The van der Waals surface area contributed by atoms with Crippen LogP contribution in [0.2, 0.25) is 0 Å². The predicted octanol–water partition coefficient (Wildman–Crippen LogP) is 10.1. The van der Waals surface area contributed by atoms with Gasteiger partial charge in [0.25, 0.3) is 0 Å². The Morgan fingerprint density at radius 3 is 1.19 bits per heavy atom. The van der Waals surface area contributed by atoms with Gasteiger partial charge in [-0.05, 0) is 100 Å². The molecule has 7 aromatic carbocycles. The van der Waals surface area contributed by atoms with Crippen LogP contribution in [0, 0.1) is 0 Å². The van der Waals surface area contributed by atoms with Gasteiger partial charge in [0.15, 0.2) is 0 Å². The summed E-state index contributed by atoms with van der Waals surface area (Å²) in [5.41, 5.74) is 13.4. The van der Waals surface area contributed by atoms with E-state index < -0.39 is 0 Å². The van der Waals surface area contributed by atoms with Crippen LogP contribution in [-0.4, -0.2) is 0 Å². The molecule has 7 aromatic rings. The highest BCUT2D eigenvalue weighted by molar-refractivity contribution is 6.23. The first-order valence-electron chi connectivity index (χ1n) is 12.6. The van der Waals surface area contributed by atoms with Crippen LogP contribution in [0.15, 0.2) is 121 Å². The number of rotatable bonds is 1. The quantitative estimate of drug-likeness (QED) is 0.232. The van der Waals surface area contributed by atoms with E-state index in [9.17, 15) is 0 Å². The van der Waals surface area contributed by atoms with Crippen molar-refractivity contribution in [1.29, 1.82) is 0 Å². The molecule has 0 radical (unpaired) electrons. The molecule has 0 aliphatic heterocycles. The molecular formula is C36H20. The Hall–Kier alpha value is -4.68. The zero-order chi connectivity index (χ0) is 23.4. The molecule has 0 saturated carbocycles. The Kier molecular flexibility index (Phi) is 3.36. The zero-order valence-corrected chi connectivity index (χ0v) is 19.5. The molecule has 0 saturated heterocycles. The minimum atomic E-state index is 1.30. The van der Waals surface area contributed by atoms with Gasteiger partial charge in [0.1, 0.15) is 0 Å². The van der Waals surface area contributed by atoms with Gasteiger partial charge in [0.05, 0.1) is 0 Å². The largest absolute Gasteiger partial charge is 0.0616 e. The number of hydrogen-bond donors (Lipinski definition) is 0. The van der Waals surface area contributed by atoms with E-state index in [1.165, 1.54) is 88.0 Å². The van der Waals surface area contributed by atoms with E-state index in [0.717, 1.165) is 0 Å². The van der Waals surface area contributed by atoms with Crippen molar-refractivity contribution < 1.29 is 0 Å². The van der Waals surface area contributed by atoms with Crippen molar-refractivity contribution in [2.24, 2.45) is 0 Å². The summed E-state index contributed by atoms with van der Waals surface area (Å²) < 4.78 is 0. The molecule has 2 aliphatic carbocycles. The van der Waals surface area contributed by atoms with Crippen LogP contribution in [0.4, 0.5) is 0 Å². The van der Waals surface area contributed by atoms with Crippen LogP contribution in [0.25, 0.3) is 88.0 Å². The maximum absolute atomic E-state index is 2.37. The van der Waals surface area contributed by atoms with Gasteiger partial charge in [-0.25, -0.2) is 0 Å². The number of hydrogen-bond acceptors (Lipinski definition) is 0. The third kappa shape index (κ3) is 2.20. The van der Waals surface area contributed by atoms with Crippen molar-refractivity contribution in [3.05, 3.63) is 121 Å². The highest BCUT2D eigenvalue weighted by Crippen LogP contribution is 2.53. The average molecular weight is 453 g/mol. The van der Waals surface area contributed by atoms with Crippen molar-refractivity contribution in [1.82, 2.24) is 0 Å². The van der Waals surface area contributed by atoms with Crippen LogP contribution in [0.1, 0.15) is 0 Å². The fourth-order valence-electron chi connectivity index (χ4n) is 6.82. The van der Waals surface area contributed by atoms with Gasteiger partial charge < -0.3 is 0 Å². The van der Waals surface area contributed by atoms with Crippen LogP contribution < -0.4 is 0 Å². The lowest BCUT2D eigenvalue weighted by Crippen LogP contribution is -1.86. The zero-order valence-electron chi connectivity index (χ0n) is 19.5. The topological polar surface area (TPSA) is 0 Å². The van der Waals surface area contributed by atoms with E-state index in [1.54, 1.807) is 0 Å². The predicted molar refractivity (Wildman–Crippen MR) is 153 cm³/mol. The molecule has 0 bridgehead atoms. The van der Waals surface area contributed by atoms with E-state index in [2.05, 4.69) is 121 Å². The highest BCUT2D eigenvalue weighted by atomic mass is 14.3. The molecule has 0 heterocycles. The van der Waals surface area contributed by atoms with Gasteiger partial charge in [-0.1, -0.05) is 109 Å². The summed E-state index contributed by atoms with van der Waals surface area (Å²) in [6.45, 7) is 0. The lowest BCUT2D eigenvalue weighted by atomic mass is 9.90. The van der Waals surface area contributed by atoms with E-state index in [0.29, 0.717) is 0 Å². The summed E-state index contributed by atoms with van der Waals surface area (Å²) in [6, 6.07) is 45.2. The fraction of sp³-hybridized carbons (Fsp3) is 0. The van der Waals surface area contributed by atoms with Crippen molar-refractivity contribution in [2.45, 2.75) is 0 Å². The van der Waals surface area contributed by atoms with E-state index >= 15 is 0 Å². The van der Waals surface area contributed by atoms with Crippen LogP contribution in [0.5, 0.6) is 0 Å². The van der Waals surface area contributed by atoms with Gasteiger partial charge in [-0.15, -0.1) is 0 Å². The van der Waals surface area contributed by atoms with Gasteiger partial charge in [-0.2, -0.15) is 0 Å². The van der Waals surface area contributed by atoms with Gasteiger partial charge in [0, 0.05) is 0 Å². The molecule has 2 aliphatic rings. The Balaban J connectivity index is 1.35. The molecular weight excluding hydrogens is 432 g/mol. The fourth-order valence-corrected chi connectivity index (χ4v) is 6.82. The monoisotopic (exact) mass is 452 g/mol. The lowest BCUT2D eigenvalue weighted by molar-refractivity contribution is 1.69. The first-order valence-corrected chi connectivity index (χ1v) is 12.6. The molecule has 0 unspecified atom stereocenters. The smallest absolute Gasteiger partial charge is 0.00201 e. The Morgan fingerprint density at radius 1 is 0.250 bits per heavy atom. The van der Waals surface area contributed by atoms with Crippen LogP contribution in [-0.2, 0) is 0 Å². The van der Waals surface area contributed by atoms with E-state index in [4.69, 9.17) is 0 Å². The standard InChI is InChI=1S/C36H20/c1-2-8-22-20-34-32-18-16-26(29-13-6-14-30(36(29)32)33(34)19-21(22)7-1)25-15-17-31-24-10-4-3-9-23(24)27-11-5-12-28(25)35(27)31/h1-20H. The molecule has 164 valence electrons. The summed E-state index contributed by atoms with van der Waals surface area (Å²) in [7, 11) is 0. The minimum Gasteiger partial charge on any atom is -0.0616 e. The van der Waals surface area contributed by atoms with E-state index in [-0.39, 0.29) is 0 Å². The van der Waals surface area contributed by atoms with Crippen molar-refractivity contribution in [2.75, 3.05) is 0 Å². The van der Waals surface area contributed by atoms with Crippen molar-refractivity contribution in [3.63, 3.8) is 0 Å². The highest BCUT2D eigenvalue weighted by Gasteiger charge is 2.25. The van der Waals surface area contributed by atoms with Crippen LogP contribution >= 0.6 is 0 Å². The molecule has 0 atom stereocenters.